The van der Waals surface area contributed by atoms with Gasteiger partial charge in [0.2, 0.25) is 11.9 Å². The van der Waals surface area contributed by atoms with Crippen LogP contribution in [0.25, 0.3) is 6.08 Å². The number of nitrogens with two attached hydrogens (primary N) is 3. The Morgan fingerprint density at radius 2 is 1.64 bits per heavy atom. The standard InChI is InChI=1S/C20H20N6O2/c1-11(25-26-20(22)23)12-4-6-17(7-5-12)24-19(28)16-8-13-2-3-14(18(21)27)9-15(13)10-16/h2-7,9-10H,8H2,1H3,(H2,21,27)(H,24,28)(H4,22,23,26)/b25-11+. The number of nitrogens with one attached hydrogen (secondary N) is 1. The lowest BCUT2D eigenvalue weighted by Crippen LogP contribution is -2.22. The minimum atomic E-state index is -0.493. The van der Waals surface area contributed by atoms with Gasteiger partial charge in [-0.05, 0) is 54.0 Å². The molecule has 0 bridgehead atoms. The molecule has 0 radical (unpaired) electrons. The van der Waals surface area contributed by atoms with E-state index in [9.17, 15) is 9.59 Å². The molecule has 7 N–H and O–H groups in total. The molecule has 0 saturated carbocycles. The fourth-order valence-corrected chi connectivity index (χ4v) is 2.83. The molecular weight excluding hydrogens is 356 g/mol. The number of nitrogens with zero attached hydrogens (tertiary/aromatic N) is 2. The maximum atomic E-state index is 12.6. The summed E-state index contributed by atoms with van der Waals surface area (Å²) in [6, 6.07) is 12.4. The summed E-state index contributed by atoms with van der Waals surface area (Å²) in [6.07, 6.45) is 2.28. The Morgan fingerprint density at radius 1 is 0.964 bits per heavy atom. The Hall–Kier alpha value is -3.94. The number of hydrogen-bond acceptors (Lipinski definition) is 4. The lowest BCUT2D eigenvalue weighted by molar-refractivity contribution is -0.112. The van der Waals surface area contributed by atoms with Crippen LogP contribution in [-0.2, 0) is 11.2 Å². The zero-order valence-electron chi connectivity index (χ0n) is 15.3. The number of fused-ring (bicyclic) bond motifs is 1. The molecule has 0 atom stereocenters. The third kappa shape index (κ3) is 4.24. The van der Waals surface area contributed by atoms with Gasteiger partial charge in [0.15, 0.2) is 0 Å². The average Bonchev–Trinajstić information content (AvgIpc) is 3.10. The molecule has 0 unspecified atom stereocenters. The monoisotopic (exact) mass is 376 g/mol. The van der Waals surface area contributed by atoms with Crippen LogP contribution in [0.1, 0.15) is 34.0 Å². The van der Waals surface area contributed by atoms with Crippen molar-refractivity contribution in [2.75, 3.05) is 5.32 Å². The predicted molar refractivity (Wildman–Crippen MR) is 110 cm³/mol. The molecule has 0 fully saturated rings. The Bertz CT molecular complexity index is 1030. The van der Waals surface area contributed by atoms with E-state index >= 15 is 0 Å². The highest BCUT2D eigenvalue weighted by molar-refractivity contribution is 6.09. The Kier molecular flexibility index (Phi) is 5.21. The summed E-state index contributed by atoms with van der Waals surface area (Å²) in [6.45, 7) is 1.78. The molecule has 28 heavy (non-hydrogen) atoms. The highest BCUT2D eigenvalue weighted by Crippen LogP contribution is 2.27. The molecule has 3 rings (SSSR count). The first-order valence-electron chi connectivity index (χ1n) is 8.52. The maximum absolute atomic E-state index is 12.6. The Balaban J connectivity index is 1.70. The van der Waals surface area contributed by atoms with Crippen LogP contribution >= 0.6 is 0 Å². The Labute approximate surface area is 161 Å². The van der Waals surface area contributed by atoms with E-state index in [4.69, 9.17) is 17.2 Å². The number of rotatable bonds is 5. The summed E-state index contributed by atoms with van der Waals surface area (Å²) < 4.78 is 0. The van der Waals surface area contributed by atoms with Crippen LogP contribution in [0.5, 0.6) is 0 Å². The van der Waals surface area contributed by atoms with E-state index in [-0.39, 0.29) is 11.9 Å². The summed E-state index contributed by atoms with van der Waals surface area (Å²) in [5, 5.41) is 10.4. The third-order valence-corrected chi connectivity index (χ3v) is 4.31. The minimum Gasteiger partial charge on any atom is -0.369 e. The molecule has 2 aromatic carbocycles. The molecule has 142 valence electrons. The molecule has 0 spiro atoms. The van der Waals surface area contributed by atoms with E-state index in [1.165, 1.54) is 0 Å². The van der Waals surface area contributed by atoms with Crippen molar-refractivity contribution in [1.29, 1.82) is 0 Å². The van der Waals surface area contributed by atoms with Gasteiger partial charge in [-0.3, -0.25) is 9.59 Å². The maximum Gasteiger partial charge on any atom is 0.251 e. The van der Waals surface area contributed by atoms with Crippen molar-refractivity contribution in [2.24, 2.45) is 27.4 Å². The summed E-state index contributed by atoms with van der Waals surface area (Å²) in [4.78, 5) is 23.9. The van der Waals surface area contributed by atoms with Gasteiger partial charge in [0.25, 0.3) is 5.91 Å². The summed E-state index contributed by atoms with van der Waals surface area (Å²) in [7, 11) is 0. The van der Waals surface area contributed by atoms with Crippen LogP contribution in [0, 0.1) is 0 Å². The topological polar surface area (TPSA) is 149 Å². The molecule has 8 heteroatoms. The van der Waals surface area contributed by atoms with Crippen LogP contribution in [-0.4, -0.2) is 23.5 Å². The fraction of sp³-hybridized carbons (Fsp3) is 0.100. The van der Waals surface area contributed by atoms with E-state index in [0.29, 0.717) is 29.0 Å². The first-order chi connectivity index (χ1) is 13.3. The zero-order valence-corrected chi connectivity index (χ0v) is 15.3. The van der Waals surface area contributed by atoms with Gasteiger partial charge in [0.1, 0.15) is 0 Å². The van der Waals surface area contributed by atoms with Crippen molar-refractivity contribution in [3.05, 3.63) is 70.3 Å². The normalized spacial score (nSPS) is 12.8. The van der Waals surface area contributed by atoms with E-state index in [0.717, 1.165) is 16.7 Å². The fourth-order valence-electron chi connectivity index (χ4n) is 2.83. The number of anilines is 1. The zero-order chi connectivity index (χ0) is 20.3. The molecule has 0 aromatic heterocycles. The van der Waals surface area contributed by atoms with Crippen molar-refractivity contribution in [1.82, 2.24) is 0 Å². The van der Waals surface area contributed by atoms with Gasteiger partial charge in [-0.15, -0.1) is 5.10 Å². The molecule has 0 aliphatic heterocycles. The number of carbonyl (C=O) groups is 2. The van der Waals surface area contributed by atoms with E-state index in [2.05, 4.69) is 15.5 Å². The molecule has 2 amide bonds. The van der Waals surface area contributed by atoms with Crippen molar-refractivity contribution < 1.29 is 9.59 Å². The second-order valence-corrected chi connectivity index (χ2v) is 6.37. The minimum absolute atomic E-state index is 0.114. The van der Waals surface area contributed by atoms with Crippen molar-refractivity contribution in [3.63, 3.8) is 0 Å². The quantitative estimate of drug-likeness (QED) is 0.354. The van der Waals surface area contributed by atoms with Gasteiger partial charge in [-0.25, -0.2) is 0 Å². The largest absolute Gasteiger partial charge is 0.369 e. The van der Waals surface area contributed by atoms with Gasteiger partial charge in [0, 0.05) is 23.2 Å². The summed E-state index contributed by atoms with van der Waals surface area (Å²) in [5.41, 5.74) is 20.8. The van der Waals surface area contributed by atoms with Crippen LogP contribution in [0.15, 0.2) is 58.2 Å². The average molecular weight is 376 g/mol. The van der Waals surface area contributed by atoms with Crippen LogP contribution < -0.4 is 22.5 Å². The number of primary amides is 1. The summed E-state index contributed by atoms with van der Waals surface area (Å²) >= 11 is 0. The molecule has 0 heterocycles. The Morgan fingerprint density at radius 3 is 2.29 bits per heavy atom. The van der Waals surface area contributed by atoms with Crippen LogP contribution in [0.3, 0.4) is 0 Å². The van der Waals surface area contributed by atoms with E-state index in [1.54, 1.807) is 37.3 Å². The smallest absolute Gasteiger partial charge is 0.251 e. The van der Waals surface area contributed by atoms with Crippen LogP contribution in [0.4, 0.5) is 5.69 Å². The lowest BCUT2D eigenvalue weighted by atomic mass is 10.1. The van der Waals surface area contributed by atoms with Gasteiger partial charge in [-0.2, -0.15) is 5.10 Å². The highest BCUT2D eigenvalue weighted by Gasteiger charge is 2.19. The number of amides is 2. The van der Waals surface area contributed by atoms with E-state index in [1.807, 2.05) is 18.2 Å². The molecule has 0 saturated heterocycles. The first kappa shape index (κ1) is 18.8. The molecule has 1 aliphatic rings. The first-order valence-corrected chi connectivity index (χ1v) is 8.52. The van der Waals surface area contributed by atoms with Gasteiger partial charge < -0.3 is 22.5 Å². The van der Waals surface area contributed by atoms with Crippen LogP contribution in [0.2, 0.25) is 0 Å². The number of benzene rings is 2. The highest BCUT2D eigenvalue weighted by atomic mass is 16.2. The number of carbonyl (C=O) groups excluding carboxylic acids is 2. The number of guanidine groups is 1. The van der Waals surface area contributed by atoms with Gasteiger partial charge >= 0.3 is 0 Å². The second-order valence-electron chi connectivity index (χ2n) is 6.37. The van der Waals surface area contributed by atoms with Crippen molar-refractivity contribution in [2.45, 2.75) is 13.3 Å². The SMILES string of the molecule is C/C(=N\N=C(N)N)c1ccc(NC(=O)C2=Cc3cc(C(N)=O)ccc3C2)cc1. The lowest BCUT2D eigenvalue weighted by Gasteiger charge is -2.07. The third-order valence-electron chi connectivity index (χ3n) is 4.31. The molecule has 8 nitrogen and oxygen atoms in total. The molecule has 1 aliphatic carbocycles. The number of hydrogen-bond donors (Lipinski definition) is 4. The van der Waals surface area contributed by atoms with Crippen molar-refractivity contribution >= 4 is 35.2 Å². The van der Waals surface area contributed by atoms with Crippen molar-refractivity contribution in [3.8, 4) is 0 Å². The van der Waals surface area contributed by atoms with Gasteiger partial charge in [-0.1, -0.05) is 18.2 Å². The van der Waals surface area contributed by atoms with Gasteiger partial charge in [0.05, 0.1) is 5.71 Å². The summed E-state index contributed by atoms with van der Waals surface area (Å²) in [5.74, 6) is -0.805. The predicted octanol–water partition coefficient (Wildman–Crippen LogP) is 1.36. The van der Waals surface area contributed by atoms with E-state index < -0.39 is 5.91 Å². The molecule has 2 aromatic rings. The molecular formula is C20H20N6O2. The second kappa shape index (κ2) is 7.75.